The summed E-state index contributed by atoms with van der Waals surface area (Å²) in [7, 11) is 0. The number of likely N-dealkylation sites (tertiary alicyclic amines) is 2. The Bertz CT molecular complexity index is 422. The Morgan fingerprint density at radius 1 is 0.957 bits per heavy atom. The Morgan fingerprint density at radius 2 is 1.74 bits per heavy atom. The maximum absolute atomic E-state index is 2.88. The Kier molecular flexibility index (Phi) is 4.29. The molecule has 0 N–H and O–H groups in total. The molecule has 2 aliphatic heterocycles. The quantitative estimate of drug-likeness (QED) is 0.726. The first-order chi connectivity index (χ1) is 11.1. The first-order valence-corrected chi connectivity index (χ1v) is 10.6. The summed E-state index contributed by atoms with van der Waals surface area (Å²) in [5.41, 5.74) is 1.40. The van der Waals surface area contributed by atoms with Gasteiger partial charge in [-0.15, -0.1) is 0 Å². The van der Waals surface area contributed by atoms with E-state index >= 15 is 0 Å². The highest BCUT2D eigenvalue weighted by Gasteiger charge is 2.52. The van der Waals surface area contributed by atoms with Crippen LogP contribution in [0.1, 0.15) is 85.0 Å². The molecule has 0 amide bonds. The molecule has 4 rings (SSSR count). The summed E-state index contributed by atoms with van der Waals surface area (Å²) in [6.45, 7) is 11.5. The molecule has 2 nitrogen and oxygen atoms in total. The van der Waals surface area contributed by atoms with E-state index in [2.05, 4.69) is 30.6 Å². The fraction of sp³-hybridized carbons (Fsp3) is 1.00. The lowest BCUT2D eigenvalue weighted by molar-refractivity contribution is -0.0279. The van der Waals surface area contributed by atoms with Gasteiger partial charge in [0.2, 0.25) is 0 Å². The molecule has 0 bridgehead atoms. The van der Waals surface area contributed by atoms with Crippen molar-refractivity contribution in [3.8, 4) is 0 Å². The summed E-state index contributed by atoms with van der Waals surface area (Å²) in [5, 5.41) is 0. The molecular weight excluding hydrogens is 280 g/mol. The second kappa shape index (κ2) is 6.02. The highest BCUT2D eigenvalue weighted by Crippen LogP contribution is 2.53. The zero-order chi connectivity index (χ0) is 16.1. The van der Waals surface area contributed by atoms with Gasteiger partial charge in [-0.3, -0.25) is 4.90 Å². The average molecular weight is 319 g/mol. The molecule has 0 aromatic heterocycles. The van der Waals surface area contributed by atoms with Crippen molar-refractivity contribution in [2.75, 3.05) is 19.6 Å². The summed E-state index contributed by atoms with van der Waals surface area (Å²) in [6.07, 6.45) is 14.7. The van der Waals surface area contributed by atoms with Gasteiger partial charge in [0.25, 0.3) is 0 Å². The highest BCUT2D eigenvalue weighted by atomic mass is 15.3. The minimum atomic E-state index is 0.625. The Balaban J connectivity index is 1.27. The van der Waals surface area contributed by atoms with Crippen molar-refractivity contribution in [3.05, 3.63) is 0 Å². The summed E-state index contributed by atoms with van der Waals surface area (Å²) < 4.78 is 0. The van der Waals surface area contributed by atoms with Crippen LogP contribution in [0.3, 0.4) is 0 Å². The summed E-state index contributed by atoms with van der Waals surface area (Å²) in [4.78, 5) is 5.72. The lowest BCUT2D eigenvalue weighted by Crippen LogP contribution is -2.57. The Morgan fingerprint density at radius 3 is 2.35 bits per heavy atom. The van der Waals surface area contributed by atoms with Gasteiger partial charge >= 0.3 is 0 Å². The molecule has 132 valence electrons. The molecule has 2 saturated carbocycles. The Hall–Kier alpha value is -0.0800. The molecule has 2 spiro atoms. The monoisotopic (exact) mass is 318 g/mol. The first kappa shape index (κ1) is 16.4. The van der Waals surface area contributed by atoms with Crippen LogP contribution in [-0.2, 0) is 0 Å². The summed E-state index contributed by atoms with van der Waals surface area (Å²) in [6, 6.07) is 1.63. The maximum Gasteiger partial charge on any atom is 0.0218 e. The van der Waals surface area contributed by atoms with Gasteiger partial charge in [-0.1, -0.05) is 13.3 Å². The van der Waals surface area contributed by atoms with Gasteiger partial charge in [0.05, 0.1) is 0 Å². The van der Waals surface area contributed by atoms with Gasteiger partial charge in [-0.2, -0.15) is 0 Å². The van der Waals surface area contributed by atoms with E-state index < -0.39 is 0 Å². The van der Waals surface area contributed by atoms with Gasteiger partial charge < -0.3 is 4.90 Å². The zero-order valence-electron chi connectivity index (χ0n) is 15.8. The molecule has 0 aromatic carbocycles. The molecule has 0 radical (unpaired) electrons. The van der Waals surface area contributed by atoms with Crippen LogP contribution in [0.25, 0.3) is 0 Å². The fourth-order valence-electron chi connectivity index (χ4n) is 6.55. The molecule has 2 saturated heterocycles. The lowest BCUT2D eigenvalue weighted by atomic mass is 9.64. The molecule has 4 aliphatic rings. The van der Waals surface area contributed by atoms with Crippen molar-refractivity contribution < 1.29 is 0 Å². The Labute approximate surface area is 144 Å². The highest BCUT2D eigenvalue weighted by molar-refractivity contribution is 5.07. The number of nitrogens with zero attached hydrogens (tertiary/aromatic N) is 2. The van der Waals surface area contributed by atoms with E-state index in [1.54, 1.807) is 0 Å². The van der Waals surface area contributed by atoms with Crippen LogP contribution in [0, 0.1) is 11.3 Å². The van der Waals surface area contributed by atoms with Gasteiger partial charge in [0.15, 0.2) is 0 Å². The number of rotatable bonds is 5. The van der Waals surface area contributed by atoms with E-state index in [0.717, 1.165) is 23.4 Å². The molecule has 2 heterocycles. The predicted molar refractivity (Wildman–Crippen MR) is 97.7 cm³/mol. The maximum atomic E-state index is 2.88. The predicted octanol–water partition coefficient (Wildman–Crippen LogP) is 4.68. The van der Waals surface area contributed by atoms with Crippen LogP contribution in [0.4, 0.5) is 0 Å². The van der Waals surface area contributed by atoms with Crippen molar-refractivity contribution >= 4 is 0 Å². The lowest BCUT2D eigenvalue weighted by Gasteiger charge is -2.54. The standard InChI is InChI=1S/C21H38N2/c1-4-17(2)23-11-6-9-21(23)14-19(15-21)13-18(3)22-12-10-20(16-22)7-5-8-20/h17-19H,4-16H2,1-3H3. The van der Waals surface area contributed by atoms with E-state index in [9.17, 15) is 0 Å². The van der Waals surface area contributed by atoms with Crippen molar-refractivity contribution in [2.24, 2.45) is 11.3 Å². The normalized spacial score (nSPS) is 39.5. The van der Waals surface area contributed by atoms with Crippen LogP contribution < -0.4 is 0 Å². The molecular formula is C21H38N2. The molecule has 2 aliphatic carbocycles. The minimum Gasteiger partial charge on any atom is -0.300 e. The number of hydrogen-bond donors (Lipinski definition) is 0. The van der Waals surface area contributed by atoms with Crippen LogP contribution in [0.15, 0.2) is 0 Å². The first-order valence-electron chi connectivity index (χ1n) is 10.6. The van der Waals surface area contributed by atoms with E-state index in [4.69, 9.17) is 0 Å². The second-order valence-corrected chi connectivity index (χ2v) is 9.71. The van der Waals surface area contributed by atoms with E-state index in [-0.39, 0.29) is 0 Å². The average Bonchev–Trinajstić information content (AvgIpc) is 3.09. The van der Waals surface area contributed by atoms with E-state index in [0.29, 0.717) is 5.54 Å². The third kappa shape index (κ3) is 2.78. The molecule has 2 unspecified atom stereocenters. The van der Waals surface area contributed by atoms with Gasteiger partial charge in [-0.05, 0) is 96.1 Å². The molecule has 2 heteroatoms. The minimum absolute atomic E-state index is 0.625. The topological polar surface area (TPSA) is 6.48 Å². The van der Waals surface area contributed by atoms with Gasteiger partial charge in [0.1, 0.15) is 0 Å². The van der Waals surface area contributed by atoms with E-state index in [1.807, 2.05) is 0 Å². The smallest absolute Gasteiger partial charge is 0.0218 e. The van der Waals surface area contributed by atoms with Gasteiger partial charge in [0, 0.05) is 24.2 Å². The van der Waals surface area contributed by atoms with Crippen molar-refractivity contribution in [1.29, 1.82) is 0 Å². The summed E-state index contributed by atoms with van der Waals surface area (Å²) >= 11 is 0. The largest absolute Gasteiger partial charge is 0.300 e. The summed E-state index contributed by atoms with van der Waals surface area (Å²) in [5.74, 6) is 1.01. The third-order valence-electron chi connectivity index (χ3n) is 8.29. The van der Waals surface area contributed by atoms with Crippen molar-refractivity contribution in [3.63, 3.8) is 0 Å². The second-order valence-electron chi connectivity index (χ2n) is 9.71. The molecule has 0 aromatic rings. The van der Waals surface area contributed by atoms with Crippen LogP contribution in [0.5, 0.6) is 0 Å². The molecule has 2 atom stereocenters. The number of hydrogen-bond acceptors (Lipinski definition) is 2. The molecule has 4 fully saturated rings. The van der Waals surface area contributed by atoms with Crippen molar-refractivity contribution in [2.45, 2.75) is 103 Å². The van der Waals surface area contributed by atoms with Gasteiger partial charge in [-0.25, -0.2) is 0 Å². The fourth-order valence-corrected chi connectivity index (χ4v) is 6.55. The zero-order valence-corrected chi connectivity index (χ0v) is 15.8. The van der Waals surface area contributed by atoms with Crippen LogP contribution >= 0.6 is 0 Å². The van der Waals surface area contributed by atoms with Crippen LogP contribution in [-0.4, -0.2) is 47.1 Å². The molecule has 23 heavy (non-hydrogen) atoms. The van der Waals surface area contributed by atoms with Crippen LogP contribution in [0.2, 0.25) is 0 Å². The van der Waals surface area contributed by atoms with E-state index in [1.165, 1.54) is 83.8 Å². The SMILES string of the molecule is CCC(C)N1CCCC12CC(CC(C)N1CCC3(CCC3)C1)C2. The third-order valence-corrected chi connectivity index (χ3v) is 8.29. The van der Waals surface area contributed by atoms with Crippen molar-refractivity contribution in [1.82, 2.24) is 9.80 Å².